The van der Waals surface area contributed by atoms with E-state index in [1.165, 1.54) is 0 Å². The lowest BCUT2D eigenvalue weighted by Gasteiger charge is -2.09. The van der Waals surface area contributed by atoms with Crippen molar-refractivity contribution in [2.75, 3.05) is 0 Å². The quantitative estimate of drug-likeness (QED) is 0.634. The number of hydrogen-bond acceptors (Lipinski definition) is 4. The van der Waals surface area contributed by atoms with Crippen molar-refractivity contribution in [3.63, 3.8) is 0 Å². The van der Waals surface area contributed by atoms with E-state index in [1.807, 2.05) is 54.6 Å². The molecular weight excluding hydrogens is 359 g/mol. The molecule has 1 atom stereocenters. The van der Waals surface area contributed by atoms with E-state index >= 15 is 0 Å². The first-order chi connectivity index (χ1) is 12.9. The minimum Gasteiger partial charge on any atom is -0.489 e. The van der Waals surface area contributed by atoms with Gasteiger partial charge >= 0.3 is 6.18 Å². The molecule has 0 aliphatic rings. The molecule has 0 spiro atoms. The molecular formula is C20H18F3NO3. The summed E-state index contributed by atoms with van der Waals surface area (Å²) in [5, 5.41) is 9.98. The number of aliphatic hydroxyl groups excluding tert-OH is 1. The second-order valence-electron chi connectivity index (χ2n) is 6.03. The zero-order chi connectivity index (χ0) is 19.3. The van der Waals surface area contributed by atoms with Crippen LogP contribution in [0.2, 0.25) is 0 Å². The summed E-state index contributed by atoms with van der Waals surface area (Å²) in [7, 11) is 0. The lowest BCUT2D eigenvalue weighted by Crippen LogP contribution is -2.03. The number of nitrogens with zero attached hydrogens (tertiary/aromatic N) is 1. The molecule has 2 aromatic carbocycles. The number of halogens is 3. The predicted octanol–water partition coefficient (Wildman–Crippen LogP) is 4.94. The van der Waals surface area contributed by atoms with Gasteiger partial charge in [0.15, 0.2) is 0 Å². The second kappa shape index (κ2) is 8.26. The van der Waals surface area contributed by atoms with E-state index in [2.05, 4.69) is 9.40 Å². The van der Waals surface area contributed by atoms with Gasteiger partial charge in [0.1, 0.15) is 18.5 Å². The summed E-state index contributed by atoms with van der Waals surface area (Å²) in [5.74, 6) is -0.747. The highest BCUT2D eigenvalue weighted by atomic mass is 19.4. The molecule has 142 valence electrons. The van der Waals surface area contributed by atoms with E-state index in [0.29, 0.717) is 19.2 Å². The summed E-state index contributed by atoms with van der Waals surface area (Å²) >= 11 is 0. The Morgan fingerprint density at radius 2 is 1.67 bits per heavy atom. The molecule has 1 unspecified atom stereocenters. The average molecular weight is 377 g/mol. The molecule has 7 heteroatoms. The van der Waals surface area contributed by atoms with Crippen LogP contribution in [0.25, 0.3) is 0 Å². The van der Waals surface area contributed by atoms with Crippen LogP contribution in [0.15, 0.2) is 65.2 Å². The third-order valence-electron chi connectivity index (χ3n) is 3.97. The van der Waals surface area contributed by atoms with Gasteiger partial charge in [0.2, 0.25) is 11.7 Å². The van der Waals surface area contributed by atoms with Crippen LogP contribution in [0.1, 0.15) is 35.3 Å². The Morgan fingerprint density at radius 3 is 2.30 bits per heavy atom. The molecule has 1 aromatic heterocycles. The van der Waals surface area contributed by atoms with Crippen molar-refractivity contribution >= 4 is 0 Å². The number of hydrogen-bond donors (Lipinski definition) is 1. The van der Waals surface area contributed by atoms with Gasteiger partial charge in [-0.25, -0.2) is 4.98 Å². The summed E-state index contributed by atoms with van der Waals surface area (Å²) < 4.78 is 47.8. The molecule has 3 rings (SSSR count). The number of aryl methyl sites for hydroxylation is 1. The minimum atomic E-state index is -4.61. The average Bonchev–Trinajstić information content (AvgIpc) is 3.17. The largest absolute Gasteiger partial charge is 0.489 e. The fraction of sp³-hybridized carbons (Fsp3) is 0.250. The predicted molar refractivity (Wildman–Crippen MR) is 92.0 cm³/mol. The molecule has 3 aromatic rings. The smallest absolute Gasteiger partial charge is 0.451 e. The number of ether oxygens (including phenoxy) is 1. The molecule has 4 nitrogen and oxygen atoms in total. The van der Waals surface area contributed by atoms with Crippen molar-refractivity contribution in [2.24, 2.45) is 0 Å². The van der Waals surface area contributed by atoms with E-state index in [0.717, 1.165) is 16.9 Å². The Morgan fingerprint density at radius 1 is 1.00 bits per heavy atom. The fourth-order valence-electron chi connectivity index (χ4n) is 2.49. The Kier molecular flexibility index (Phi) is 5.81. The van der Waals surface area contributed by atoms with Crippen LogP contribution in [0, 0.1) is 0 Å². The zero-order valence-corrected chi connectivity index (χ0v) is 14.3. The third kappa shape index (κ3) is 5.34. The number of alkyl halides is 3. The van der Waals surface area contributed by atoms with Crippen LogP contribution >= 0.6 is 0 Å². The van der Waals surface area contributed by atoms with Gasteiger partial charge in [-0.2, -0.15) is 13.2 Å². The Balaban J connectivity index is 1.50. The lowest BCUT2D eigenvalue weighted by atomic mass is 10.1. The first-order valence-corrected chi connectivity index (χ1v) is 8.38. The lowest BCUT2D eigenvalue weighted by molar-refractivity contribution is -0.154. The van der Waals surface area contributed by atoms with Crippen molar-refractivity contribution in [1.82, 2.24) is 4.98 Å². The molecule has 0 saturated heterocycles. The molecule has 1 heterocycles. The molecule has 1 N–H and O–H groups in total. The Bertz CT molecular complexity index is 845. The highest BCUT2D eigenvalue weighted by molar-refractivity contribution is 5.25. The molecule has 0 saturated carbocycles. The van der Waals surface area contributed by atoms with Crippen molar-refractivity contribution in [1.29, 1.82) is 0 Å². The molecule has 0 aliphatic carbocycles. The molecule has 0 aliphatic heterocycles. The molecule has 27 heavy (non-hydrogen) atoms. The SMILES string of the molecule is OC(CCc1ccc(COc2ccccc2)cc1)c1ncc(C(F)(F)F)o1. The zero-order valence-electron chi connectivity index (χ0n) is 14.3. The van der Waals surface area contributed by atoms with Crippen molar-refractivity contribution in [3.8, 4) is 5.75 Å². The van der Waals surface area contributed by atoms with E-state index in [4.69, 9.17) is 4.74 Å². The number of aliphatic hydroxyl groups is 1. The molecule has 0 fully saturated rings. The highest BCUT2D eigenvalue weighted by Crippen LogP contribution is 2.31. The van der Waals surface area contributed by atoms with Crippen LogP contribution in [0.5, 0.6) is 5.75 Å². The number of para-hydroxylation sites is 1. The number of oxazole rings is 1. The van der Waals surface area contributed by atoms with E-state index in [1.54, 1.807) is 0 Å². The number of benzene rings is 2. The summed E-state index contributed by atoms with van der Waals surface area (Å²) in [6.45, 7) is 0.434. The maximum atomic E-state index is 12.5. The number of aromatic nitrogens is 1. The van der Waals surface area contributed by atoms with Gasteiger partial charge in [-0.05, 0) is 36.1 Å². The standard InChI is InChI=1S/C20H18F3NO3/c21-20(22,23)18-12-24-19(27-18)17(25)11-10-14-6-8-15(9-7-14)13-26-16-4-2-1-3-5-16/h1-9,12,17,25H,10-11,13H2. The van der Waals surface area contributed by atoms with Gasteiger partial charge in [-0.3, -0.25) is 0 Å². The van der Waals surface area contributed by atoms with Gasteiger partial charge in [0.25, 0.3) is 0 Å². The Hall–Kier alpha value is -2.80. The van der Waals surface area contributed by atoms with E-state index in [-0.39, 0.29) is 12.3 Å². The van der Waals surface area contributed by atoms with E-state index < -0.39 is 18.0 Å². The van der Waals surface area contributed by atoms with Crippen LogP contribution in [-0.4, -0.2) is 10.1 Å². The molecule has 0 bridgehead atoms. The van der Waals surface area contributed by atoms with Crippen LogP contribution in [0.3, 0.4) is 0 Å². The first kappa shape index (κ1) is 19.0. The van der Waals surface area contributed by atoms with Crippen molar-refractivity contribution < 1.29 is 27.4 Å². The van der Waals surface area contributed by atoms with Gasteiger partial charge in [0.05, 0.1) is 6.20 Å². The van der Waals surface area contributed by atoms with Crippen LogP contribution in [0.4, 0.5) is 13.2 Å². The first-order valence-electron chi connectivity index (χ1n) is 8.38. The topological polar surface area (TPSA) is 55.5 Å². The van der Waals surface area contributed by atoms with E-state index in [9.17, 15) is 18.3 Å². The summed E-state index contributed by atoms with van der Waals surface area (Å²) in [6.07, 6.45) is -4.53. The Labute approximate surface area is 154 Å². The second-order valence-corrected chi connectivity index (χ2v) is 6.03. The van der Waals surface area contributed by atoms with Crippen LogP contribution in [-0.2, 0) is 19.2 Å². The third-order valence-corrected chi connectivity index (χ3v) is 3.97. The molecule has 0 radical (unpaired) electrons. The fourth-order valence-corrected chi connectivity index (χ4v) is 2.49. The van der Waals surface area contributed by atoms with Gasteiger partial charge in [0, 0.05) is 0 Å². The normalized spacial score (nSPS) is 12.7. The summed E-state index contributed by atoms with van der Waals surface area (Å²) in [5.41, 5.74) is 1.94. The number of rotatable bonds is 7. The summed E-state index contributed by atoms with van der Waals surface area (Å²) in [6, 6.07) is 17.1. The highest BCUT2D eigenvalue weighted by Gasteiger charge is 2.36. The minimum absolute atomic E-state index is 0.206. The van der Waals surface area contributed by atoms with Crippen molar-refractivity contribution in [3.05, 3.63) is 83.6 Å². The van der Waals surface area contributed by atoms with Gasteiger partial charge in [-0.1, -0.05) is 42.5 Å². The van der Waals surface area contributed by atoms with Crippen LogP contribution < -0.4 is 4.74 Å². The van der Waals surface area contributed by atoms with Gasteiger partial charge in [-0.15, -0.1) is 0 Å². The maximum Gasteiger partial charge on any atom is 0.451 e. The van der Waals surface area contributed by atoms with Gasteiger partial charge < -0.3 is 14.3 Å². The monoisotopic (exact) mass is 377 g/mol. The van der Waals surface area contributed by atoms with Crippen molar-refractivity contribution in [2.45, 2.75) is 31.7 Å². The molecule has 0 amide bonds. The summed E-state index contributed by atoms with van der Waals surface area (Å²) in [4.78, 5) is 3.51. The maximum absolute atomic E-state index is 12.5.